The van der Waals surface area contributed by atoms with E-state index in [0.717, 1.165) is 11.1 Å². The van der Waals surface area contributed by atoms with Crippen molar-refractivity contribution in [3.05, 3.63) is 35.4 Å². The monoisotopic (exact) mass is 257 g/mol. The summed E-state index contributed by atoms with van der Waals surface area (Å²) < 4.78 is 0. The molecule has 3 rings (SSSR count). The van der Waals surface area contributed by atoms with Crippen molar-refractivity contribution in [3.63, 3.8) is 0 Å². The van der Waals surface area contributed by atoms with Gasteiger partial charge >= 0.3 is 0 Å². The molecule has 1 heterocycles. The van der Waals surface area contributed by atoms with Crippen LogP contribution in [0.5, 0.6) is 0 Å². The first kappa shape index (κ1) is 12.1. The number of Topliss-reactive ketones (excluding diaryl/α,β-unsaturated/α-hetero) is 1. The van der Waals surface area contributed by atoms with Crippen LogP contribution in [-0.4, -0.2) is 17.6 Å². The van der Waals surface area contributed by atoms with Gasteiger partial charge in [-0.25, -0.2) is 0 Å². The van der Waals surface area contributed by atoms with E-state index >= 15 is 0 Å². The molecular weight excluding hydrogens is 242 g/mol. The normalized spacial score (nSPS) is 24.0. The lowest BCUT2D eigenvalue weighted by atomic mass is 9.78. The minimum absolute atomic E-state index is 0.189. The van der Waals surface area contributed by atoms with Crippen molar-refractivity contribution < 1.29 is 14.4 Å². The third-order valence-electron chi connectivity index (χ3n) is 4.00. The van der Waals surface area contributed by atoms with Crippen molar-refractivity contribution >= 4 is 17.6 Å². The predicted octanol–water partition coefficient (Wildman–Crippen LogP) is 1.65. The van der Waals surface area contributed by atoms with Gasteiger partial charge in [0.15, 0.2) is 0 Å². The molecule has 0 aromatic heterocycles. The van der Waals surface area contributed by atoms with Gasteiger partial charge in [0.05, 0.1) is 5.92 Å². The van der Waals surface area contributed by atoms with Crippen molar-refractivity contribution in [2.24, 2.45) is 0 Å². The molecule has 1 saturated heterocycles. The highest BCUT2D eigenvalue weighted by Crippen LogP contribution is 2.34. The number of hydrogen-bond acceptors (Lipinski definition) is 3. The molecule has 1 aliphatic heterocycles. The summed E-state index contributed by atoms with van der Waals surface area (Å²) in [5, 5.41) is 2.37. The maximum absolute atomic E-state index is 11.8. The van der Waals surface area contributed by atoms with Crippen LogP contribution in [0.4, 0.5) is 0 Å². The van der Waals surface area contributed by atoms with Gasteiger partial charge in [0, 0.05) is 19.3 Å². The number of imide groups is 1. The fourth-order valence-electron chi connectivity index (χ4n) is 2.74. The molecule has 1 atom stereocenters. The predicted molar refractivity (Wildman–Crippen MR) is 68.5 cm³/mol. The van der Waals surface area contributed by atoms with Crippen LogP contribution in [0.25, 0.3) is 0 Å². The molecule has 1 N–H and O–H groups in total. The highest BCUT2D eigenvalue weighted by Gasteiger charge is 2.30. The average molecular weight is 257 g/mol. The third-order valence-corrected chi connectivity index (χ3v) is 4.00. The first-order valence-corrected chi connectivity index (χ1v) is 6.59. The molecule has 2 fully saturated rings. The van der Waals surface area contributed by atoms with E-state index in [-0.39, 0.29) is 17.7 Å². The lowest BCUT2D eigenvalue weighted by molar-refractivity contribution is -0.134. The van der Waals surface area contributed by atoms with E-state index in [1.54, 1.807) is 0 Å². The van der Waals surface area contributed by atoms with Crippen molar-refractivity contribution in [2.45, 2.75) is 37.5 Å². The van der Waals surface area contributed by atoms with Gasteiger partial charge in [-0.2, -0.15) is 0 Å². The number of hydrogen-bond donors (Lipinski definition) is 1. The maximum Gasteiger partial charge on any atom is 0.234 e. The van der Waals surface area contributed by atoms with Gasteiger partial charge in [0.2, 0.25) is 11.8 Å². The van der Waals surface area contributed by atoms with E-state index in [1.807, 2.05) is 24.3 Å². The zero-order valence-corrected chi connectivity index (χ0v) is 10.5. The molecule has 4 nitrogen and oxygen atoms in total. The maximum atomic E-state index is 11.8. The molecule has 98 valence electrons. The number of carbonyl (C=O) groups excluding carboxylic acids is 3. The zero-order valence-electron chi connectivity index (χ0n) is 10.5. The minimum Gasteiger partial charge on any atom is -0.300 e. The summed E-state index contributed by atoms with van der Waals surface area (Å²) in [5.74, 6) is 0.0472. The van der Waals surface area contributed by atoms with Crippen molar-refractivity contribution in [2.75, 3.05) is 0 Å². The van der Waals surface area contributed by atoms with E-state index in [2.05, 4.69) is 5.32 Å². The number of nitrogens with one attached hydrogen (secondary N) is 1. The van der Waals surface area contributed by atoms with Crippen molar-refractivity contribution in [1.29, 1.82) is 0 Å². The van der Waals surface area contributed by atoms with Gasteiger partial charge in [0.25, 0.3) is 0 Å². The summed E-state index contributed by atoms with van der Waals surface area (Å²) in [4.78, 5) is 33.9. The fourth-order valence-corrected chi connectivity index (χ4v) is 2.74. The highest BCUT2D eigenvalue weighted by molar-refractivity contribution is 6.00. The second-order valence-corrected chi connectivity index (χ2v) is 5.31. The summed E-state index contributed by atoms with van der Waals surface area (Å²) in [7, 11) is 0. The molecule has 0 bridgehead atoms. The molecule has 1 saturated carbocycles. The topological polar surface area (TPSA) is 63.2 Å². The first-order chi connectivity index (χ1) is 9.13. The Labute approximate surface area is 111 Å². The molecule has 4 heteroatoms. The van der Waals surface area contributed by atoms with Gasteiger partial charge < -0.3 is 0 Å². The van der Waals surface area contributed by atoms with Crippen LogP contribution in [0.1, 0.15) is 48.6 Å². The number of benzene rings is 1. The molecule has 1 aromatic carbocycles. The summed E-state index contributed by atoms with van der Waals surface area (Å²) in [6.07, 6.45) is 2.25. The second-order valence-electron chi connectivity index (χ2n) is 5.31. The van der Waals surface area contributed by atoms with E-state index in [0.29, 0.717) is 37.4 Å². The molecule has 0 unspecified atom stereocenters. The standard InChI is InChI=1S/C15H15NO3/c17-12-7-11(8-12)9-1-3-10(4-2-9)13-5-6-14(18)16-15(13)19/h1-4,11,13H,5-8H2,(H,16,18,19)/t13-/m1/s1. The molecule has 1 aliphatic carbocycles. The second kappa shape index (κ2) is 4.61. The zero-order chi connectivity index (χ0) is 13.4. The Bertz CT molecular complexity index is 539. The highest BCUT2D eigenvalue weighted by atomic mass is 16.2. The van der Waals surface area contributed by atoms with E-state index in [9.17, 15) is 14.4 Å². The van der Waals surface area contributed by atoms with Crippen LogP contribution < -0.4 is 5.32 Å². The van der Waals surface area contributed by atoms with Gasteiger partial charge in [-0.3, -0.25) is 19.7 Å². The Hall–Kier alpha value is -1.97. The molecule has 2 amide bonds. The molecule has 1 aromatic rings. The summed E-state index contributed by atoms with van der Waals surface area (Å²) >= 11 is 0. The summed E-state index contributed by atoms with van der Waals surface area (Å²) in [6, 6.07) is 7.88. The Morgan fingerprint density at radius 2 is 1.58 bits per heavy atom. The lowest BCUT2D eigenvalue weighted by Crippen LogP contribution is -2.39. The molecule has 0 spiro atoms. The molecule has 2 aliphatic rings. The number of piperidine rings is 1. The van der Waals surface area contributed by atoms with Gasteiger partial charge in [0.1, 0.15) is 5.78 Å². The number of amides is 2. The largest absolute Gasteiger partial charge is 0.300 e. The van der Waals surface area contributed by atoms with E-state index in [4.69, 9.17) is 0 Å². The molecule has 19 heavy (non-hydrogen) atoms. The third kappa shape index (κ3) is 2.30. The Kier molecular flexibility index (Phi) is 2.93. The number of rotatable bonds is 2. The van der Waals surface area contributed by atoms with Crippen LogP contribution in [0.3, 0.4) is 0 Å². The van der Waals surface area contributed by atoms with Crippen LogP contribution in [0.15, 0.2) is 24.3 Å². The van der Waals surface area contributed by atoms with Crippen LogP contribution in [0.2, 0.25) is 0 Å². The summed E-state index contributed by atoms with van der Waals surface area (Å²) in [5.41, 5.74) is 2.11. The molecular formula is C15H15NO3. The Balaban J connectivity index is 1.73. The Morgan fingerprint density at radius 1 is 0.947 bits per heavy atom. The smallest absolute Gasteiger partial charge is 0.234 e. The fraction of sp³-hybridized carbons (Fsp3) is 0.400. The first-order valence-electron chi connectivity index (χ1n) is 6.59. The van der Waals surface area contributed by atoms with Crippen LogP contribution >= 0.6 is 0 Å². The average Bonchev–Trinajstić information content (AvgIpc) is 2.36. The van der Waals surface area contributed by atoms with Gasteiger partial charge in [-0.1, -0.05) is 24.3 Å². The van der Waals surface area contributed by atoms with E-state index in [1.165, 1.54) is 0 Å². The molecule has 0 radical (unpaired) electrons. The quantitative estimate of drug-likeness (QED) is 0.819. The Morgan fingerprint density at radius 3 is 2.16 bits per heavy atom. The van der Waals surface area contributed by atoms with Crippen LogP contribution in [-0.2, 0) is 14.4 Å². The lowest BCUT2D eigenvalue weighted by Gasteiger charge is -2.25. The van der Waals surface area contributed by atoms with Crippen molar-refractivity contribution in [1.82, 2.24) is 5.32 Å². The van der Waals surface area contributed by atoms with E-state index < -0.39 is 0 Å². The number of carbonyl (C=O) groups is 3. The summed E-state index contributed by atoms with van der Waals surface area (Å²) in [6.45, 7) is 0. The SMILES string of the molecule is O=C1CC(c2ccc([C@H]3CCC(=O)NC3=O)cc2)C1. The number of ketones is 1. The van der Waals surface area contributed by atoms with Crippen molar-refractivity contribution in [3.8, 4) is 0 Å². The minimum atomic E-state index is -0.227. The van der Waals surface area contributed by atoms with Gasteiger partial charge in [-0.15, -0.1) is 0 Å². The van der Waals surface area contributed by atoms with Gasteiger partial charge in [-0.05, 0) is 23.5 Å². The van der Waals surface area contributed by atoms with Crippen LogP contribution in [0, 0.1) is 0 Å².